The number of aromatic nitrogens is 2. The van der Waals surface area contributed by atoms with E-state index < -0.39 is 0 Å². The number of anilines is 1. The summed E-state index contributed by atoms with van der Waals surface area (Å²) in [5, 5.41) is 2.92. The molecule has 2 N–H and O–H groups in total. The maximum Gasteiger partial charge on any atom is 0.127 e. The minimum absolute atomic E-state index is 0.508. The molecule has 0 aliphatic rings. The molecule has 0 aromatic carbocycles. The summed E-state index contributed by atoms with van der Waals surface area (Å²) >= 11 is 3.28. The third kappa shape index (κ3) is 2.19. The average Bonchev–Trinajstić information content (AvgIpc) is 2.57. The van der Waals surface area contributed by atoms with Crippen molar-refractivity contribution in [3.05, 3.63) is 29.9 Å². The summed E-state index contributed by atoms with van der Waals surface area (Å²) in [7, 11) is 0. The Kier molecular flexibility index (Phi) is 2.47. The summed E-state index contributed by atoms with van der Waals surface area (Å²) < 4.78 is 1.21. The average molecular weight is 209 g/mol. The molecule has 2 heterocycles. The van der Waals surface area contributed by atoms with Crippen molar-refractivity contribution in [1.82, 2.24) is 9.97 Å². The van der Waals surface area contributed by atoms with Gasteiger partial charge in [0.2, 0.25) is 0 Å². The molecule has 0 saturated heterocycles. The Labute approximate surface area is 84.0 Å². The predicted octanol–water partition coefficient (Wildman–Crippen LogP) is 2.27. The molecule has 3 nitrogen and oxygen atoms in total. The third-order valence-electron chi connectivity index (χ3n) is 1.36. The minimum Gasteiger partial charge on any atom is -0.384 e. The van der Waals surface area contributed by atoms with Crippen molar-refractivity contribution >= 4 is 28.9 Å². The number of nitrogens with two attached hydrogens (primary N) is 1. The standard InChI is InChI=1S/C8H7N3S2/c9-6-4-7(11-5-10-6)13-8-2-1-3-12-8/h1-5H,(H2,9,10,11). The lowest BCUT2D eigenvalue weighted by molar-refractivity contribution is 1.06. The van der Waals surface area contributed by atoms with Gasteiger partial charge in [0.1, 0.15) is 17.2 Å². The number of nitrogens with zero attached hydrogens (tertiary/aromatic N) is 2. The van der Waals surface area contributed by atoms with Gasteiger partial charge in [-0.05, 0) is 11.4 Å². The van der Waals surface area contributed by atoms with Crippen molar-refractivity contribution in [3.8, 4) is 0 Å². The Bertz CT molecular complexity index is 386. The van der Waals surface area contributed by atoms with E-state index in [0.29, 0.717) is 5.82 Å². The van der Waals surface area contributed by atoms with E-state index in [1.165, 1.54) is 10.5 Å². The van der Waals surface area contributed by atoms with Crippen LogP contribution in [0.1, 0.15) is 0 Å². The zero-order valence-corrected chi connectivity index (χ0v) is 8.31. The van der Waals surface area contributed by atoms with E-state index in [1.54, 1.807) is 29.2 Å². The molecule has 0 radical (unpaired) electrons. The second kappa shape index (κ2) is 3.76. The lowest BCUT2D eigenvalue weighted by Crippen LogP contribution is -1.90. The van der Waals surface area contributed by atoms with Gasteiger partial charge in [-0.25, -0.2) is 9.97 Å². The molecule has 0 amide bonds. The van der Waals surface area contributed by atoms with Crippen molar-refractivity contribution in [2.75, 3.05) is 5.73 Å². The van der Waals surface area contributed by atoms with Gasteiger partial charge in [-0.15, -0.1) is 11.3 Å². The van der Waals surface area contributed by atoms with Crippen LogP contribution < -0.4 is 5.73 Å². The van der Waals surface area contributed by atoms with Crippen LogP contribution in [-0.4, -0.2) is 9.97 Å². The predicted molar refractivity (Wildman–Crippen MR) is 54.9 cm³/mol. The van der Waals surface area contributed by atoms with Gasteiger partial charge < -0.3 is 5.73 Å². The van der Waals surface area contributed by atoms with Gasteiger partial charge in [-0.2, -0.15) is 0 Å². The fourth-order valence-corrected chi connectivity index (χ4v) is 2.53. The van der Waals surface area contributed by atoms with Gasteiger partial charge in [-0.1, -0.05) is 17.8 Å². The van der Waals surface area contributed by atoms with E-state index >= 15 is 0 Å². The molecule has 13 heavy (non-hydrogen) atoms. The SMILES string of the molecule is Nc1cc(Sc2cccs2)ncn1. The van der Waals surface area contributed by atoms with Gasteiger partial charge in [0.25, 0.3) is 0 Å². The highest BCUT2D eigenvalue weighted by atomic mass is 32.2. The van der Waals surface area contributed by atoms with Gasteiger partial charge in [0.15, 0.2) is 0 Å². The number of nitrogen functional groups attached to an aromatic ring is 1. The minimum atomic E-state index is 0.508. The summed E-state index contributed by atoms with van der Waals surface area (Å²) in [6, 6.07) is 5.83. The maximum absolute atomic E-state index is 5.53. The highest BCUT2D eigenvalue weighted by Gasteiger charge is 1.99. The number of hydrogen-bond acceptors (Lipinski definition) is 5. The first-order chi connectivity index (χ1) is 6.34. The first-order valence-corrected chi connectivity index (χ1v) is 5.33. The first kappa shape index (κ1) is 8.52. The van der Waals surface area contributed by atoms with Crippen molar-refractivity contribution in [1.29, 1.82) is 0 Å². The van der Waals surface area contributed by atoms with Crippen LogP contribution in [0.25, 0.3) is 0 Å². The zero-order valence-electron chi connectivity index (χ0n) is 6.68. The molecule has 66 valence electrons. The van der Waals surface area contributed by atoms with Gasteiger partial charge in [0.05, 0.1) is 4.21 Å². The van der Waals surface area contributed by atoms with Gasteiger partial charge >= 0.3 is 0 Å². The Morgan fingerprint density at radius 1 is 1.38 bits per heavy atom. The van der Waals surface area contributed by atoms with Gasteiger partial charge in [0, 0.05) is 6.07 Å². The van der Waals surface area contributed by atoms with Crippen LogP contribution in [0.15, 0.2) is 39.1 Å². The van der Waals surface area contributed by atoms with E-state index in [1.807, 2.05) is 17.5 Å². The maximum atomic E-state index is 5.53. The number of rotatable bonds is 2. The van der Waals surface area contributed by atoms with Crippen LogP contribution in [0.4, 0.5) is 5.82 Å². The van der Waals surface area contributed by atoms with Crippen LogP contribution in [0.3, 0.4) is 0 Å². The molecule has 2 aromatic heterocycles. The lowest BCUT2D eigenvalue weighted by Gasteiger charge is -1.96. The molecule has 0 aliphatic heterocycles. The molecule has 5 heteroatoms. The molecular formula is C8H7N3S2. The third-order valence-corrected chi connectivity index (χ3v) is 3.33. The van der Waals surface area contributed by atoms with E-state index in [0.717, 1.165) is 5.03 Å². The van der Waals surface area contributed by atoms with Crippen molar-refractivity contribution in [2.45, 2.75) is 9.24 Å². The second-order valence-electron chi connectivity index (χ2n) is 2.32. The molecule has 0 unspecified atom stereocenters. The quantitative estimate of drug-likeness (QED) is 0.771. The Morgan fingerprint density at radius 2 is 2.31 bits per heavy atom. The highest BCUT2D eigenvalue weighted by molar-refractivity contribution is 8.01. The smallest absolute Gasteiger partial charge is 0.127 e. The van der Waals surface area contributed by atoms with E-state index in [9.17, 15) is 0 Å². The van der Waals surface area contributed by atoms with Crippen molar-refractivity contribution in [2.24, 2.45) is 0 Å². The summed E-state index contributed by atoms with van der Waals surface area (Å²) in [4.78, 5) is 7.92. The summed E-state index contributed by atoms with van der Waals surface area (Å²) in [6.45, 7) is 0. The van der Waals surface area contributed by atoms with E-state index in [-0.39, 0.29) is 0 Å². The fourth-order valence-electron chi connectivity index (χ4n) is 0.834. The molecule has 2 aromatic rings. The molecule has 0 spiro atoms. The van der Waals surface area contributed by atoms with Crippen LogP contribution in [0.5, 0.6) is 0 Å². The van der Waals surface area contributed by atoms with Crippen LogP contribution in [0.2, 0.25) is 0 Å². The zero-order chi connectivity index (χ0) is 9.10. The largest absolute Gasteiger partial charge is 0.384 e. The number of thiophene rings is 1. The van der Waals surface area contributed by atoms with E-state index in [2.05, 4.69) is 9.97 Å². The van der Waals surface area contributed by atoms with Crippen LogP contribution in [0, 0.1) is 0 Å². The number of hydrogen-bond donors (Lipinski definition) is 1. The fraction of sp³-hybridized carbons (Fsp3) is 0. The normalized spacial score (nSPS) is 10.2. The summed E-state index contributed by atoms with van der Waals surface area (Å²) in [6.07, 6.45) is 1.48. The van der Waals surface area contributed by atoms with Crippen molar-refractivity contribution < 1.29 is 0 Å². The highest BCUT2D eigenvalue weighted by Crippen LogP contribution is 2.29. The Morgan fingerprint density at radius 3 is 3.00 bits per heavy atom. The monoisotopic (exact) mass is 209 g/mol. The molecule has 0 atom stereocenters. The molecule has 0 bridgehead atoms. The summed E-state index contributed by atoms with van der Waals surface area (Å²) in [5.74, 6) is 0.508. The Balaban J connectivity index is 2.19. The Hall–Kier alpha value is -1.07. The topological polar surface area (TPSA) is 51.8 Å². The lowest BCUT2D eigenvalue weighted by atomic mass is 10.6. The van der Waals surface area contributed by atoms with E-state index in [4.69, 9.17) is 5.73 Å². The molecular weight excluding hydrogens is 202 g/mol. The van der Waals surface area contributed by atoms with Crippen LogP contribution >= 0.6 is 23.1 Å². The molecule has 0 fully saturated rings. The van der Waals surface area contributed by atoms with Crippen LogP contribution in [-0.2, 0) is 0 Å². The molecule has 0 saturated carbocycles. The van der Waals surface area contributed by atoms with Gasteiger partial charge in [-0.3, -0.25) is 0 Å². The first-order valence-electron chi connectivity index (χ1n) is 3.63. The summed E-state index contributed by atoms with van der Waals surface area (Å²) in [5.41, 5.74) is 5.53. The van der Waals surface area contributed by atoms with Crippen molar-refractivity contribution in [3.63, 3.8) is 0 Å². The second-order valence-corrected chi connectivity index (χ2v) is 4.58. The molecule has 0 aliphatic carbocycles. The molecule has 2 rings (SSSR count).